The van der Waals surface area contributed by atoms with Crippen LogP contribution >= 0.6 is 15.9 Å². The molecule has 0 radical (unpaired) electrons. The molecule has 0 bridgehead atoms. The third-order valence-corrected chi connectivity index (χ3v) is 5.28. The summed E-state index contributed by atoms with van der Waals surface area (Å²) >= 11 is 3.42. The van der Waals surface area contributed by atoms with Gasteiger partial charge in [-0.05, 0) is 60.4 Å². The van der Waals surface area contributed by atoms with E-state index in [0.717, 1.165) is 32.8 Å². The van der Waals surface area contributed by atoms with Gasteiger partial charge in [0.05, 0.1) is 6.61 Å². The fourth-order valence-corrected chi connectivity index (χ4v) is 3.67. The summed E-state index contributed by atoms with van der Waals surface area (Å²) in [6.07, 6.45) is 0. The number of hydrogen-bond donors (Lipinski definition) is 1. The number of rotatable bonds is 7. The van der Waals surface area contributed by atoms with Crippen molar-refractivity contribution in [2.45, 2.75) is 39.7 Å². The average molecular weight is 482 g/mol. The van der Waals surface area contributed by atoms with Crippen LogP contribution in [-0.2, 0) is 12.0 Å². The second-order valence-corrected chi connectivity index (χ2v) is 9.17. The number of para-hydroxylation sites is 1. The van der Waals surface area contributed by atoms with Crippen molar-refractivity contribution in [1.82, 2.24) is 0 Å². The van der Waals surface area contributed by atoms with Crippen LogP contribution in [0.15, 0.2) is 71.2 Å². The quantitative estimate of drug-likeness (QED) is 0.395. The van der Waals surface area contributed by atoms with E-state index in [-0.39, 0.29) is 11.3 Å². The molecule has 0 aromatic heterocycles. The SMILES string of the molecule is CCOc1ccc(C(=O)Nc2cccc(Br)c2)cc1COc1ccccc1C(C)(C)C. The maximum atomic E-state index is 12.8. The van der Waals surface area contributed by atoms with E-state index in [9.17, 15) is 4.79 Å². The maximum Gasteiger partial charge on any atom is 0.255 e. The molecular weight excluding hydrogens is 454 g/mol. The molecule has 0 aliphatic rings. The number of amides is 1. The summed E-state index contributed by atoms with van der Waals surface area (Å²) in [4.78, 5) is 12.8. The van der Waals surface area contributed by atoms with Gasteiger partial charge in [-0.25, -0.2) is 0 Å². The zero-order chi connectivity index (χ0) is 22.4. The molecule has 162 valence electrons. The van der Waals surface area contributed by atoms with Gasteiger partial charge in [0.1, 0.15) is 18.1 Å². The van der Waals surface area contributed by atoms with Crippen molar-refractivity contribution < 1.29 is 14.3 Å². The van der Waals surface area contributed by atoms with E-state index in [2.05, 4.69) is 48.1 Å². The molecule has 31 heavy (non-hydrogen) atoms. The molecule has 5 heteroatoms. The minimum absolute atomic E-state index is 0.0367. The molecule has 0 fully saturated rings. The third-order valence-electron chi connectivity index (χ3n) is 4.78. The first-order chi connectivity index (χ1) is 14.8. The zero-order valence-corrected chi connectivity index (χ0v) is 20.0. The minimum Gasteiger partial charge on any atom is -0.493 e. The molecule has 3 rings (SSSR count). The number of halogens is 1. The average Bonchev–Trinajstić information content (AvgIpc) is 2.72. The normalized spacial score (nSPS) is 11.1. The summed E-state index contributed by atoms with van der Waals surface area (Å²) in [5, 5.41) is 2.93. The number of ether oxygens (including phenoxy) is 2. The Kier molecular flexibility index (Phi) is 7.39. The summed E-state index contributed by atoms with van der Waals surface area (Å²) in [6.45, 7) is 9.26. The summed E-state index contributed by atoms with van der Waals surface area (Å²) in [5.74, 6) is 1.37. The largest absolute Gasteiger partial charge is 0.493 e. The molecule has 0 aliphatic heterocycles. The Balaban J connectivity index is 1.83. The Bertz CT molecular complexity index is 1060. The van der Waals surface area contributed by atoms with Crippen LogP contribution in [0.4, 0.5) is 5.69 Å². The van der Waals surface area contributed by atoms with Crippen molar-refractivity contribution in [3.05, 3.63) is 87.9 Å². The summed E-state index contributed by atoms with van der Waals surface area (Å²) in [5.41, 5.74) is 3.20. The minimum atomic E-state index is -0.183. The molecule has 1 N–H and O–H groups in total. The van der Waals surface area contributed by atoms with Crippen molar-refractivity contribution in [3.63, 3.8) is 0 Å². The second-order valence-electron chi connectivity index (χ2n) is 8.25. The van der Waals surface area contributed by atoms with Gasteiger partial charge in [0.25, 0.3) is 5.91 Å². The molecule has 3 aromatic rings. The highest BCUT2D eigenvalue weighted by Crippen LogP contribution is 2.32. The Hall–Kier alpha value is -2.79. The molecule has 0 spiro atoms. The van der Waals surface area contributed by atoms with Crippen LogP contribution in [-0.4, -0.2) is 12.5 Å². The lowest BCUT2D eigenvalue weighted by Gasteiger charge is -2.23. The standard InChI is InChI=1S/C26H28BrNO3/c1-5-30-23-14-13-18(25(29)28-21-10-8-9-20(27)16-21)15-19(23)17-31-24-12-7-6-11-22(24)26(2,3)4/h6-16H,5,17H2,1-4H3,(H,28,29). The van der Waals surface area contributed by atoms with Crippen LogP contribution < -0.4 is 14.8 Å². The van der Waals surface area contributed by atoms with Gasteiger partial charge in [-0.15, -0.1) is 0 Å². The van der Waals surface area contributed by atoms with E-state index in [1.165, 1.54) is 0 Å². The smallest absolute Gasteiger partial charge is 0.255 e. The number of carbonyl (C=O) groups is 1. The highest BCUT2D eigenvalue weighted by Gasteiger charge is 2.19. The van der Waals surface area contributed by atoms with E-state index in [1.807, 2.05) is 61.5 Å². The fourth-order valence-electron chi connectivity index (χ4n) is 3.27. The lowest BCUT2D eigenvalue weighted by Crippen LogP contribution is -2.14. The lowest BCUT2D eigenvalue weighted by atomic mass is 9.86. The Morgan fingerprint density at radius 2 is 1.71 bits per heavy atom. The van der Waals surface area contributed by atoms with E-state index in [0.29, 0.717) is 18.8 Å². The molecule has 1 amide bonds. The van der Waals surface area contributed by atoms with Gasteiger partial charge in [-0.1, -0.05) is 61.0 Å². The van der Waals surface area contributed by atoms with Crippen LogP contribution in [0, 0.1) is 0 Å². The second kappa shape index (κ2) is 10.0. The van der Waals surface area contributed by atoms with E-state index in [1.54, 1.807) is 6.07 Å². The molecule has 0 saturated carbocycles. The molecule has 0 atom stereocenters. The van der Waals surface area contributed by atoms with E-state index >= 15 is 0 Å². The number of benzene rings is 3. The lowest BCUT2D eigenvalue weighted by molar-refractivity contribution is 0.102. The molecule has 0 aliphatic carbocycles. The third kappa shape index (κ3) is 6.11. The number of anilines is 1. The van der Waals surface area contributed by atoms with Gasteiger partial charge in [-0.2, -0.15) is 0 Å². The topological polar surface area (TPSA) is 47.6 Å². The van der Waals surface area contributed by atoms with Crippen molar-refractivity contribution >= 4 is 27.5 Å². The molecule has 3 aromatic carbocycles. The molecule has 0 heterocycles. The highest BCUT2D eigenvalue weighted by molar-refractivity contribution is 9.10. The zero-order valence-electron chi connectivity index (χ0n) is 18.4. The van der Waals surface area contributed by atoms with Crippen LogP contribution in [0.3, 0.4) is 0 Å². The van der Waals surface area contributed by atoms with Crippen LogP contribution in [0.2, 0.25) is 0 Å². The Morgan fingerprint density at radius 1 is 0.935 bits per heavy atom. The Morgan fingerprint density at radius 3 is 2.42 bits per heavy atom. The van der Waals surface area contributed by atoms with Gasteiger partial charge in [0.15, 0.2) is 0 Å². The van der Waals surface area contributed by atoms with Crippen molar-refractivity contribution in [3.8, 4) is 11.5 Å². The summed E-state index contributed by atoms with van der Waals surface area (Å²) < 4.78 is 12.9. The van der Waals surface area contributed by atoms with Crippen molar-refractivity contribution in [2.75, 3.05) is 11.9 Å². The monoisotopic (exact) mass is 481 g/mol. The van der Waals surface area contributed by atoms with Crippen molar-refractivity contribution in [2.24, 2.45) is 0 Å². The summed E-state index contributed by atoms with van der Waals surface area (Å²) in [6, 6.07) is 21.0. The first-order valence-electron chi connectivity index (χ1n) is 10.3. The first kappa shape index (κ1) is 22.9. The van der Waals surface area contributed by atoms with E-state index < -0.39 is 0 Å². The maximum absolute atomic E-state index is 12.8. The van der Waals surface area contributed by atoms with Gasteiger partial charge < -0.3 is 14.8 Å². The van der Waals surface area contributed by atoms with Gasteiger partial charge in [-0.3, -0.25) is 4.79 Å². The van der Waals surface area contributed by atoms with Crippen LogP contribution in [0.25, 0.3) is 0 Å². The molecule has 0 unspecified atom stereocenters. The number of hydrogen-bond acceptors (Lipinski definition) is 3. The first-order valence-corrected chi connectivity index (χ1v) is 11.1. The van der Waals surface area contributed by atoms with Crippen LogP contribution in [0.1, 0.15) is 49.2 Å². The highest BCUT2D eigenvalue weighted by atomic mass is 79.9. The van der Waals surface area contributed by atoms with E-state index in [4.69, 9.17) is 9.47 Å². The summed E-state index contributed by atoms with van der Waals surface area (Å²) in [7, 11) is 0. The van der Waals surface area contributed by atoms with Gasteiger partial charge in [0, 0.05) is 21.3 Å². The molecule has 0 saturated heterocycles. The van der Waals surface area contributed by atoms with Crippen LogP contribution in [0.5, 0.6) is 11.5 Å². The predicted octanol–water partition coefficient (Wildman–Crippen LogP) is 6.98. The Labute approximate surface area is 192 Å². The van der Waals surface area contributed by atoms with Gasteiger partial charge >= 0.3 is 0 Å². The number of carbonyl (C=O) groups excluding carboxylic acids is 1. The molecular formula is C26H28BrNO3. The predicted molar refractivity (Wildman–Crippen MR) is 129 cm³/mol. The number of nitrogens with one attached hydrogen (secondary N) is 1. The van der Waals surface area contributed by atoms with Gasteiger partial charge in [0.2, 0.25) is 0 Å². The molecule has 4 nitrogen and oxygen atoms in total. The fraction of sp³-hybridized carbons (Fsp3) is 0.269. The van der Waals surface area contributed by atoms with Crippen molar-refractivity contribution in [1.29, 1.82) is 0 Å².